The number of rotatable bonds is 6. The van der Waals surface area contributed by atoms with Crippen LogP contribution >= 0.6 is 0 Å². The van der Waals surface area contributed by atoms with Crippen molar-refractivity contribution in [3.8, 4) is 22.6 Å². The summed E-state index contributed by atoms with van der Waals surface area (Å²) in [4.78, 5) is 28.5. The fraction of sp³-hybridized carbons (Fsp3) is 0.360. The summed E-state index contributed by atoms with van der Waals surface area (Å²) in [6.45, 7) is 4.49. The zero-order chi connectivity index (χ0) is 22.5. The molecule has 32 heavy (non-hydrogen) atoms. The van der Waals surface area contributed by atoms with E-state index in [9.17, 15) is 4.79 Å². The summed E-state index contributed by atoms with van der Waals surface area (Å²) in [5.74, 6) is 1.82. The van der Waals surface area contributed by atoms with Crippen LogP contribution in [0.25, 0.3) is 11.1 Å². The molecule has 0 spiro atoms. The number of pyridine rings is 1. The highest BCUT2D eigenvalue weighted by atomic mass is 16.5. The van der Waals surface area contributed by atoms with Crippen LogP contribution in [0.2, 0.25) is 0 Å². The molecule has 1 fully saturated rings. The zero-order valence-corrected chi connectivity index (χ0v) is 18.7. The van der Waals surface area contributed by atoms with Crippen LogP contribution in [0.4, 0.5) is 0 Å². The Bertz CT molecular complexity index is 1090. The van der Waals surface area contributed by atoms with E-state index >= 15 is 0 Å². The second-order valence-corrected chi connectivity index (χ2v) is 7.99. The van der Waals surface area contributed by atoms with E-state index in [4.69, 9.17) is 14.5 Å². The molecule has 1 atom stereocenters. The minimum atomic E-state index is -0.121. The summed E-state index contributed by atoms with van der Waals surface area (Å²) in [6, 6.07) is 9.44. The van der Waals surface area contributed by atoms with Crippen LogP contribution in [0, 0.1) is 13.8 Å². The van der Waals surface area contributed by atoms with Gasteiger partial charge in [-0.2, -0.15) is 0 Å². The second kappa shape index (κ2) is 9.77. The molecular weight excluding hydrogens is 404 g/mol. The smallest absolute Gasteiger partial charge is 0.261 e. The number of aromatic nitrogens is 3. The topological polar surface area (TPSA) is 77.4 Å². The second-order valence-electron chi connectivity index (χ2n) is 7.99. The first-order valence-corrected chi connectivity index (χ1v) is 10.9. The van der Waals surface area contributed by atoms with Gasteiger partial charge in [0.05, 0.1) is 18.8 Å². The number of aryl methyl sites for hydroxylation is 2. The lowest BCUT2D eigenvalue weighted by Crippen LogP contribution is -2.41. The quantitative estimate of drug-likeness (QED) is 0.578. The molecule has 166 valence electrons. The van der Waals surface area contributed by atoms with E-state index in [1.165, 1.54) is 0 Å². The minimum Gasteiger partial charge on any atom is -0.493 e. The molecule has 1 amide bonds. The minimum absolute atomic E-state index is 0.0510. The van der Waals surface area contributed by atoms with Crippen LogP contribution in [0.3, 0.4) is 0 Å². The third-order valence-electron chi connectivity index (χ3n) is 5.74. The molecule has 7 heteroatoms. The van der Waals surface area contributed by atoms with E-state index in [1.54, 1.807) is 19.5 Å². The Labute approximate surface area is 188 Å². The predicted molar refractivity (Wildman–Crippen MR) is 122 cm³/mol. The number of likely N-dealkylation sites (tertiary alicyclic amines) is 1. The summed E-state index contributed by atoms with van der Waals surface area (Å²) in [7, 11) is 1.60. The highest BCUT2D eigenvalue weighted by Crippen LogP contribution is 2.36. The number of methoxy groups -OCH3 is 1. The van der Waals surface area contributed by atoms with Gasteiger partial charge < -0.3 is 14.4 Å². The van der Waals surface area contributed by atoms with Gasteiger partial charge >= 0.3 is 0 Å². The first-order chi connectivity index (χ1) is 15.6. The average Bonchev–Trinajstić information content (AvgIpc) is 2.83. The van der Waals surface area contributed by atoms with Crippen molar-refractivity contribution in [2.24, 2.45) is 0 Å². The molecule has 0 radical (unpaired) electrons. The van der Waals surface area contributed by atoms with Crippen LogP contribution in [-0.2, 0) is 4.79 Å². The lowest BCUT2D eigenvalue weighted by atomic mass is 9.94. The summed E-state index contributed by atoms with van der Waals surface area (Å²) in [5.41, 5.74) is 3.88. The maximum absolute atomic E-state index is 13.3. The van der Waals surface area contributed by atoms with Gasteiger partial charge in [-0.25, -0.2) is 9.97 Å². The van der Waals surface area contributed by atoms with Crippen LogP contribution in [0.15, 0.2) is 48.9 Å². The molecule has 1 aliphatic rings. The lowest BCUT2D eigenvalue weighted by Gasteiger charge is -2.36. The zero-order valence-electron chi connectivity index (χ0n) is 18.7. The Hall–Kier alpha value is -3.48. The van der Waals surface area contributed by atoms with Crippen LogP contribution in [0.5, 0.6) is 11.5 Å². The van der Waals surface area contributed by atoms with Gasteiger partial charge in [0, 0.05) is 30.7 Å². The molecule has 1 aromatic carbocycles. The monoisotopic (exact) mass is 432 g/mol. The fourth-order valence-electron chi connectivity index (χ4n) is 4.13. The van der Waals surface area contributed by atoms with E-state index in [0.717, 1.165) is 41.6 Å². The number of amides is 1. The van der Waals surface area contributed by atoms with Crippen molar-refractivity contribution >= 4 is 5.91 Å². The van der Waals surface area contributed by atoms with Gasteiger partial charge in [0.1, 0.15) is 5.82 Å². The Morgan fingerprint density at radius 3 is 2.72 bits per heavy atom. The molecule has 0 N–H and O–H groups in total. The predicted octanol–water partition coefficient (Wildman–Crippen LogP) is 4.30. The largest absolute Gasteiger partial charge is 0.493 e. The Balaban J connectivity index is 1.59. The number of hydrogen-bond donors (Lipinski definition) is 0. The molecule has 7 nitrogen and oxygen atoms in total. The molecule has 0 bridgehead atoms. The van der Waals surface area contributed by atoms with Gasteiger partial charge in [0.25, 0.3) is 5.91 Å². The Kier molecular flexibility index (Phi) is 6.63. The van der Waals surface area contributed by atoms with Crippen LogP contribution in [-0.4, -0.2) is 46.0 Å². The lowest BCUT2D eigenvalue weighted by molar-refractivity contribution is -0.137. The van der Waals surface area contributed by atoms with E-state index in [-0.39, 0.29) is 18.6 Å². The molecule has 0 saturated carbocycles. The Morgan fingerprint density at radius 1 is 1.12 bits per heavy atom. The Morgan fingerprint density at radius 2 is 1.94 bits per heavy atom. The number of carbonyl (C=O) groups is 1. The van der Waals surface area contributed by atoms with Crippen molar-refractivity contribution in [1.82, 2.24) is 19.9 Å². The highest BCUT2D eigenvalue weighted by Gasteiger charge is 2.31. The molecule has 2 aromatic heterocycles. The van der Waals surface area contributed by atoms with Crippen molar-refractivity contribution in [2.75, 3.05) is 20.3 Å². The molecule has 0 aliphatic carbocycles. The molecule has 0 unspecified atom stereocenters. The summed E-state index contributed by atoms with van der Waals surface area (Å²) < 4.78 is 11.3. The number of benzene rings is 1. The van der Waals surface area contributed by atoms with Gasteiger partial charge in [0.2, 0.25) is 0 Å². The molecule has 1 saturated heterocycles. The van der Waals surface area contributed by atoms with Crippen LogP contribution < -0.4 is 9.47 Å². The molecular formula is C25H28N4O3. The maximum atomic E-state index is 13.3. The van der Waals surface area contributed by atoms with Gasteiger partial charge in [-0.05, 0) is 68.5 Å². The van der Waals surface area contributed by atoms with Gasteiger partial charge in [-0.1, -0.05) is 6.07 Å². The molecule has 3 aromatic rings. The third-order valence-corrected chi connectivity index (χ3v) is 5.74. The average molecular weight is 433 g/mol. The van der Waals surface area contributed by atoms with Gasteiger partial charge in [-0.15, -0.1) is 0 Å². The van der Waals surface area contributed by atoms with E-state index in [1.807, 2.05) is 55.3 Å². The van der Waals surface area contributed by atoms with Gasteiger partial charge in [-0.3, -0.25) is 9.78 Å². The molecule has 4 rings (SSSR count). The van der Waals surface area contributed by atoms with Crippen molar-refractivity contribution in [2.45, 2.75) is 39.2 Å². The first-order valence-electron chi connectivity index (χ1n) is 10.9. The standard InChI is InChI=1S/C25H28N4O3/c1-17-7-8-22(23(14-17)31-3)32-16-24(30)29-13-5-4-6-21(29)25-20(15-27-18(2)28-25)19-9-11-26-12-10-19/h7-12,14-15,21H,4-6,13,16H2,1-3H3/t21-/m1/s1. The van der Waals surface area contributed by atoms with E-state index < -0.39 is 0 Å². The van der Waals surface area contributed by atoms with Crippen molar-refractivity contribution < 1.29 is 14.3 Å². The SMILES string of the molecule is COc1cc(C)ccc1OCC(=O)N1CCCC[C@@H]1c1nc(C)ncc1-c1ccncc1. The van der Waals surface area contributed by atoms with E-state index in [0.29, 0.717) is 23.9 Å². The number of carbonyl (C=O) groups excluding carboxylic acids is 1. The maximum Gasteiger partial charge on any atom is 0.261 e. The summed E-state index contributed by atoms with van der Waals surface area (Å²) in [5, 5.41) is 0. The van der Waals surface area contributed by atoms with Crippen molar-refractivity contribution in [1.29, 1.82) is 0 Å². The molecule has 1 aliphatic heterocycles. The third kappa shape index (κ3) is 4.72. The first kappa shape index (κ1) is 21.7. The molecule has 3 heterocycles. The fourth-order valence-corrected chi connectivity index (χ4v) is 4.13. The summed E-state index contributed by atoms with van der Waals surface area (Å²) >= 11 is 0. The number of ether oxygens (including phenoxy) is 2. The van der Waals surface area contributed by atoms with Gasteiger partial charge in [0.15, 0.2) is 18.1 Å². The van der Waals surface area contributed by atoms with Crippen molar-refractivity contribution in [3.05, 3.63) is 66.0 Å². The number of piperidine rings is 1. The summed E-state index contributed by atoms with van der Waals surface area (Å²) in [6.07, 6.45) is 8.22. The van der Waals surface area contributed by atoms with Crippen molar-refractivity contribution in [3.63, 3.8) is 0 Å². The van der Waals surface area contributed by atoms with E-state index in [2.05, 4.69) is 9.97 Å². The number of nitrogens with zero attached hydrogens (tertiary/aromatic N) is 4. The highest BCUT2D eigenvalue weighted by molar-refractivity contribution is 5.79. The van der Waals surface area contributed by atoms with Crippen LogP contribution in [0.1, 0.15) is 42.4 Å². The normalized spacial score (nSPS) is 16.0. The number of hydrogen-bond acceptors (Lipinski definition) is 6.